The molecule has 0 aliphatic carbocycles. The average molecular weight is 251 g/mol. The number of nitro benzene ring substituents is 1. The lowest BCUT2D eigenvalue weighted by molar-refractivity contribution is -0.384. The van der Waals surface area contributed by atoms with Crippen LogP contribution in [0.4, 0.5) is 5.69 Å². The summed E-state index contributed by atoms with van der Waals surface area (Å²) in [5.41, 5.74) is 5.76. The topological polar surface area (TPSA) is 98.3 Å². The molecular formula is C10H9N3O3S. The number of nitrogens with one attached hydrogen (secondary N) is 1. The van der Waals surface area contributed by atoms with Gasteiger partial charge >= 0.3 is 0 Å². The Hall–Kier alpha value is -2.28. The SMILES string of the molecule is NC(=S)NC(=O)/C=C/c1ccc([N+](=O)[O-])cc1. The van der Waals surface area contributed by atoms with E-state index >= 15 is 0 Å². The second-order valence-corrected chi connectivity index (χ2v) is 3.48. The third-order valence-electron chi connectivity index (χ3n) is 1.78. The normalized spacial score (nSPS) is 10.1. The van der Waals surface area contributed by atoms with E-state index in [2.05, 4.69) is 17.5 Å². The van der Waals surface area contributed by atoms with Gasteiger partial charge in [-0.2, -0.15) is 0 Å². The lowest BCUT2D eigenvalue weighted by Gasteiger charge is -1.96. The molecular weight excluding hydrogens is 242 g/mol. The molecule has 88 valence electrons. The second-order valence-electron chi connectivity index (χ2n) is 3.04. The molecule has 0 fully saturated rings. The molecule has 0 aromatic heterocycles. The van der Waals surface area contributed by atoms with Crippen LogP contribution in [-0.2, 0) is 4.79 Å². The summed E-state index contributed by atoms with van der Waals surface area (Å²) >= 11 is 4.49. The van der Waals surface area contributed by atoms with Crippen LogP contribution in [0.5, 0.6) is 0 Å². The molecule has 1 amide bonds. The highest BCUT2D eigenvalue weighted by Gasteiger charge is 2.02. The number of nitro groups is 1. The molecule has 0 radical (unpaired) electrons. The molecule has 3 N–H and O–H groups in total. The number of non-ortho nitro benzene ring substituents is 1. The van der Waals surface area contributed by atoms with E-state index in [1.807, 2.05) is 0 Å². The number of hydrogen-bond donors (Lipinski definition) is 2. The van der Waals surface area contributed by atoms with Crippen molar-refractivity contribution in [1.29, 1.82) is 0 Å². The first-order valence-corrected chi connectivity index (χ1v) is 4.93. The van der Waals surface area contributed by atoms with Gasteiger partial charge in [-0.15, -0.1) is 0 Å². The standard InChI is InChI=1S/C10H9N3O3S/c11-10(17)12-9(14)6-3-7-1-4-8(5-2-7)13(15)16/h1-6H,(H3,11,12,14,17)/b6-3+. The fourth-order valence-electron chi connectivity index (χ4n) is 1.04. The van der Waals surface area contributed by atoms with Gasteiger partial charge in [0, 0.05) is 18.2 Å². The first-order chi connectivity index (χ1) is 7.99. The maximum Gasteiger partial charge on any atom is 0.269 e. The first kappa shape index (κ1) is 12.8. The van der Waals surface area contributed by atoms with Crippen LogP contribution >= 0.6 is 12.2 Å². The number of rotatable bonds is 3. The third kappa shape index (κ3) is 4.39. The zero-order valence-corrected chi connectivity index (χ0v) is 9.44. The minimum atomic E-state index is -0.493. The number of thiocarbonyl (C=S) groups is 1. The van der Waals surface area contributed by atoms with Crippen molar-refractivity contribution in [3.05, 3.63) is 46.0 Å². The Kier molecular flexibility index (Phi) is 4.29. The van der Waals surface area contributed by atoms with Crippen LogP contribution in [0.2, 0.25) is 0 Å². The highest BCUT2D eigenvalue weighted by Crippen LogP contribution is 2.12. The van der Waals surface area contributed by atoms with Gasteiger partial charge in [0.1, 0.15) is 0 Å². The van der Waals surface area contributed by atoms with Crippen LogP contribution in [0.15, 0.2) is 30.3 Å². The highest BCUT2D eigenvalue weighted by molar-refractivity contribution is 7.80. The summed E-state index contributed by atoms with van der Waals surface area (Å²) in [6.07, 6.45) is 2.73. The van der Waals surface area contributed by atoms with Gasteiger partial charge in [0.25, 0.3) is 5.69 Å². The van der Waals surface area contributed by atoms with Crippen LogP contribution in [0.1, 0.15) is 5.56 Å². The van der Waals surface area contributed by atoms with Crippen molar-refractivity contribution in [2.75, 3.05) is 0 Å². The minimum Gasteiger partial charge on any atom is -0.376 e. The summed E-state index contributed by atoms with van der Waals surface area (Å²) in [5, 5.41) is 12.5. The van der Waals surface area contributed by atoms with Gasteiger partial charge in [0.15, 0.2) is 5.11 Å². The predicted octanol–water partition coefficient (Wildman–Crippen LogP) is 0.968. The fourth-order valence-corrected chi connectivity index (χ4v) is 1.14. The van der Waals surface area contributed by atoms with Gasteiger partial charge in [-0.1, -0.05) is 0 Å². The Labute approximate surface area is 102 Å². The van der Waals surface area contributed by atoms with Crippen molar-refractivity contribution < 1.29 is 9.72 Å². The molecule has 0 spiro atoms. The van der Waals surface area contributed by atoms with E-state index in [1.54, 1.807) is 0 Å². The van der Waals surface area contributed by atoms with E-state index in [0.717, 1.165) is 0 Å². The minimum absolute atomic E-state index is 0.00487. The zero-order chi connectivity index (χ0) is 12.8. The lowest BCUT2D eigenvalue weighted by Crippen LogP contribution is -2.33. The first-order valence-electron chi connectivity index (χ1n) is 4.52. The Morgan fingerprint density at radius 2 is 2.00 bits per heavy atom. The Balaban J connectivity index is 2.69. The number of benzene rings is 1. The molecule has 6 nitrogen and oxygen atoms in total. The van der Waals surface area contributed by atoms with Gasteiger partial charge in [-0.05, 0) is 36.0 Å². The monoisotopic (exact) mass is 251 g/mol. The van der Waals surface area contributed by atoms with E-state index in [4.69, 9.17) is 5.73 Å². The quantitative estimate of drug-likeness (QED) is 0.361. The molecule has 0 aliphatic rings. The van der Waals surface area contributed by atoms with E-state index in [-0.39, 0.29) is 10.8 Å². The summed E-state index contributed by atoms with van der Waals surface area (Å²) in [6, 6.07) is 5.77. The fraction of sp³-hybridized carbons (Fsp3) is 0. The van der Waals surface area contributed by atoms with Crippen LogP contribution in [0, 0.1) is 10.1 Å². The molecule has 0 aliphatic heterocycles. The van der Waals surface area contributed by atoms with Crippen LogP contribution in [0.25, 0.3) is 6.08 Å². The maximum absolute atomic E-state index is 11.1. The molecule has 1 aromatic carbocycles. The number of carbonyl (C=O) groups is 1. The third-order valence-corrected chi connectivity index (χ3v) is 1.88. The highest BCUT2D eigenvalue weighted by atomic mass is 32.1. The van der Waals surface area contributed by atoms with Crippen LogP contribution in [-0.4, -0.2) is 15.9 Å². The number of nitrogens with zero attached hydrogens (tertiary/aromatic N) is 1. The largest absolute Gasteiger partial charge is 0.376 e. The zero-order valence-electron chi connectivity index (χ0n) is 8.62. The Morgan fingerprint density at radius 1 is 1.41 bits per heavy atom. The van der Waals surface area contributed by atoms with Gasteiger partial charge in [-0.25, -0.2) is 0 Å². The summed E-state index contributed by atoms with van der Waals surface area (Å²) < 4.78 is 0. The number of nitrogens with two attached hydrogens (primary N) is 1. The van der Waals surface area contributed by atoms with Gasteiger partial charge in [0.05, 0.1) is 4.92 Å². The summed E-state index contributed by atoms with van der Waals surface area (Å²) in [5.74, 6) is -0.448. The molecule has 0 saturated heterocycles. The Bertz CT molecular complexity index is 482. The van der Waals surface area contributed by atoms with Crippen molar-refractivity contribution in [2.24, 2.45) is 5.73 Å². The Morgan fingerprint density at radius 3 is 2.47 bits per heavy atom. The van der Waals surface area contributed by atoms with Crippen molar-refractivity contribution >= 4 is 35.0 Å². The molecule has 7 heteroatoms. The molecule has 0 heterocycles. The molecule has 0 saturated carbocycles. The van der Waals surface area contributed by atoms with Gasteiger partial charge in [-0.3, -0.25) is 20.2 Å². The molecule has 0 bridgehead atoms. The van der Waals surface area contributed by atoms with Gasteiger partial charge < -0.3 is 5.73 Å². The van der Waals surface area contributed by atoms with Crippen molar-refractivity contribution in [1.82, 2.24) is 5.32 Å². The summed E-state index contributed by atoms with van der Waals surface area (Å²) in [4.78, 5) is 21.0. The number of carbonyl (C=O) groups excluding carboxylic acids is 1. The van der Waals surface area contributed by atoms with Crippen molar-refractivity contribution in [2.45, 2.75) is 0 Å². The number of hydrogen-bond acceptors (Lipinski definition) is 4. The molecule has 0 atom stereocenters. The molecule has 1 aromatic rings. The number of amides is 1. The van der Waals surface area contributed by atoms with Gasteiger partial charge in [0.2, 0.25) is 5.91 Å². The molecule has 0 unspecified atom stereocenters. The van der Waals surface area contributed by atoms with Crippen molar-refractivity contribution in [3.63, 3.8) is 0 Å². The average Bonchev–Trinajstić information content (AvgIpc) is 2.26. The van der Waals surface area contributed by atoms with Crippen LogP contribution in [0.3, 0.4) is 0 Å². The second kappa shape index (κ2) is 5.71. The summed E-state index contributed by atoms with van der Waals surface area (Å²) in [7, 11) is 0. The lowest BCUT2D eigenvalue weighted by atomic mass is 10.2. The van der Waals surface area contributed by atoms with Crippen molar-refractivity contribution in [3.8, 4) is 0 Å². The predicted molar refractivity (Wildman–Crippen MR) is 67.1 cm³/mol. The smallest absolute Gasteiger partial charge is 0.269 e. The summed E-state index contributed by atoms with van der Waals surface area (Å²) in [6.45, 7) is 0. The van der Waals surface area contributed by atoms with E-state index in [9.17, 15) is 14.9 Å². The van der Waals surface area contributed by atoms with E-state index in [0.29, 0.717) is 5.56 Å². The van der Waals surface area contributed by atoms with E-state index in [1.165, 1.54) is 36.4 Å². The van der Waals surface area contributed by atoms with E-state index < -0.39 is 10.8 Å². The van der Waals surface area contributed by atoms with Crippen LogP contribution < -0.4 is 11.1 Å². The molecule has 17 heavy (non-hydrogen) atoms. The molecule has 1 rings (SSSR count). The maximum atomic E-state index is 11.1.